The van der Waals surface area contributed by atoms with Gasteiger partial charge in [-0.15, -0.1) is 0 Å². The largest absolute Gasteiger partial charge is 0.490 e. The Morgan fingerprint density at radius 2 is 1.86 bits per heavy atom. The lowest BCUT2D eigenvalue weighted by atomic mass is 10.1. The minimum Gasteiger partial charge on any atom is -0.490 e. The van der Waals surface area contributed by atoms with Crippen LogP contribution in [-0.4, -0.2) is 31.7 Å². The molecule has 0 aliphatic carbocycles. The van der Waals surface area contributed by atoms with Crippen molar-refractivity contribution in [2.24, 2.45) is 0 Å². The number of carbonyl (C=O) groups is 2. The molecule has 0 radical (unpaired) electrons. The third-order valence-corrected chi connectivity index (χ3v) is 4.09. The number of nitrogens with zero attached hydrogens (tertiary/aromatic N) is 1. The van der Waals surface area contributed by atoms with Crippen LogP contribution in [0.5, 0.6) is 11.5 Å². The first-order valence-corrected chi connectivity index (χ1v) is 9.10. The van der Waals surface area contributed by atoms with E-state index in [0.717, 1.165) is 12.0 Å². The summed E-state index contributed by atoms with van der Waals surface area (Å²) in [5.74, 6) is -0.223. The Morgan fingerprint density at radius 3 is 2.59 bits per heavy atom. The first-order chi connectivity index (χ1) is 14.0. The molecule has 29 heavy (non-hydrogen) atoms. The smallest absolute Gasteiger partial charge is 0.349 e. The Kier molecular flexibility index (Phi) is 6.48. The number of hydrogen-bond acceptors (Lipinski definition) is 6. The lowest BCUT2D eigenvalue weighted by molar-refractivity contribution is -0.142. The van der Waals surface area contributed by atoms with E-state index < -0.39 is 18.5 Å². The Labute approximate surface area is 168 Å². The monoisotopic (exact) mass is 392 g/mol. The van der Waals surface area contributed by atoms with Gasteiger partial charge in [0, 0.05) is 18.2 Å². The van der Waals surface area contributed by atoms with E-state index in [0.29, 0.717) is 36.0 Å². The van der Waals surface area contributed by atoms with Gasteiger partial charge in [0.1, 0.15) is 11.6 Å². The Bertz CT molecular complexity index is 974. The summed E-state index contributed by atoms with van der Waals surface area (Å²) in [4.78, 5) is 24.2. The van der Waals surface area contributed by atoms with Crippen LogP contribution in [0.4, 0.5) is 5.69 Å². The zero-order valence-corrected chi connectivity index (χ0v) is 15.9. The summed E-state index contributed by atoms with van der Waals surface area (Å²) in [6, 6.07) is 14.2. The molecule has 1 aliphatic rings. The predicted octanol–water partition coefficient (Wildman–Crippen LogP) is 3.25. The summed E-state index contributed by atoms with van der Waals surface area (Å²) in [7, 11) is 0. The second-order valence-corrected chi connectivity index (χ2v) is 6.42. The van der Waals surface area contributed by atoms with Crippen molar-refractivity contribution < 1.29 is 23.8 Å². The maximum Gasteiger partial charge on any atom is 0.349 e. The average Bonchev–Trinajstić information content (AvgIpc) is 2.96. The summed E-state index contributed by atoms with van der Waals surface area (Å²) in [5.41, 5.74) is 2.07. The number of hydrogen-bond donors (Lipinski definition) is 1. The summed E-state index contributed by atoms with van der Waals surface area (Å²) < 4.78 is 16.1. The average molecular weight is 392 g/mol. The first kappa shape index (κ1) is 20.0. The number of esters is 1. The van der Waals surface area contributed by atoms with E-state index in [1.807, 2.05) is 19.1 Å². The maximum atomic E-state index is 12.1. The summed E-state index contributed by atoms with van der Waals surface area (Å²) in [5, 5.41) is 11.8. The van der Waals surface area contributed by atoms with Crippen molar-refractivity contribution in [3.63, 3.8) is 0 Å². The highest BCUT2D eigenvalue weighted by Gasteiger charge is 2.15. The van der Waals surface area contributed by atoms with Gasteiger partial charge >= 0.3 is 5.97 Å². The van der Waals surface area contributed by atoms with Crippen LogP contribution in [-0.2, 0) is 14.3 Å². The third kappa shape index (κ3) is 5.59. The van der Waals surface area contributed by atoms with Crippen LogP contribution in [0.3, 0.4) is 0 Å². The number of carbonyl (C=O) groups excluding carboxylic acids is 2. The Balaban J connectivity index is 1.57. The lowest BCUT2D eigenvalue weighted by Crippen LogP contribution is -2.21. The van der Waals surface area contributed by atoms with Crippen molar-refractivity contribution in [2.75, 3.05) is 25.1 Å². The standard InChI is InChI=1S/C22H20N2O5/c1-15-3-5-16(6-4-15)11-17(13-23)22(26)29-14-21(25)24-18-7-8-19-20(12-18)28-10-2-9-27-19/h3-8,11-12H,2,9-10,14H2,1H3,(H,24,25)/b17-11+. The summed E-state index contributed by atoms with van der Waals surface area (Å²) in [6.45, 7) is 2.54. The van der Waals surface area contributed by atoms with Crippen molar-refractivity contribution in [3.05, 3.63) is 59.2 Å². The fourth-order valence-corrected chi connectivity index (χ4v) is 2.61. The van der Waals surface area contributed by atoms with E-state index in [9.17, 15) is 14.9 Å². The molecule has 1 amide bonds. The highest BCUT2D eigenvalue weighted by Crippen LogP contribution is 2.32. The molecule has 0 atom stereocenters. The van der Waals surface area contributed by atoms with E-state index in [4.69, 9.17) is 14.2 Å². The predicted molar refractivity (Wildman–Crippen MR) is 106 cm³/mol. The van der Waals surface area contributed by atoms with Crippen LogP contribution in [0, 0.1) is 18.3 Å². The fourth-order valence-electron chi connectivity index (χ4n) is 2.61. The number of fused-ring (bicyclic) bond motifs is 1. The molecule has 0 bridgehead atoms. The van der Waals surface area contributed by atoms with Gasteiger partial charge in [-0.2, -0.15) is 5.26 Å². The fraction of sp³-hybridized carbons (Fsp3) is 0.227. The van der Waals surface area contributed by atoms with Crippen molar-refractivity contribution in [3.8, 4) is 17.6 Å². The maximum absolute atomic E-state index is 12.1. The van der Waals surface area contributed by atoms with Gasteiger partial charge in [-0.3, -0.25) is 4.79 Å². The molecule has 2 aromatic rings. The van der Waals surface area contributed by atoms with E-state index in [1.165, 1.54) is 6.08 Å². The van der Waals surface area contributed by atoms with E-state index in [2.05, 4.69) is 5.32 Å². The van der Waals surface area contributed by atoms with Gasteiger partial charge in [-0.25, -0.2) is 4.79 Å². The number of nitriles is 1. The van der Waals surface area contributed by atoms with Crippen molar-refractivity contribution in [2.45, 2.75) is 13.3 Å². The van der Waals surface area contributed by atoms with Gasteiger partial charge in [0.15, 0.2) is 18.1 Å². The minimum atomic E-state index is -0.859. The molecule has 3 rings (SSSR count). The number of aryl methyl sites for hydroxylation is 1. The van der Waals surface area contributed by atoms with E-state index in [-0.39, 0.29) is 5.57 Å². The van der Waals surface area contributed by atoms with E-state index >= 15 is 0 Å². The number of anilines is 1. The van der Waals surface area contributed by atoms with Crippen LogP contribution in [0.15, 0.2) is 48.0 Å². The summed E-state index contributed by atoms with van der Waals surface area (Å²) >= 11 is 0. The number of nitrogens with one attached hydrogen (secondary N) is 1. The van der Waals surface area contributed by atoms with Crippen LogP contribution in [0.2, 0.25) is 0 Å². The molecule has 1 aliphatic heterocycles. The molecule has 0 saturated carbocycles. The van der Waals surface area contributed by atoms with Crippen LogP contribution in [0.1, 0.15) is 17.5 Å². The van der Waals surface area contributed by atoms with Crippen LogP contribution < -0.4 is 14.8 Å². The second-order valence-electron chi connectivity index (χ2n) is 6.42. The highest BCUT2D eigenvalue weighted by atomic mass is 16.5. The topological polar surface area (TPSA) is 97.7 Å². The van der Waals surface area contributed by atoms with Crippen molar-refractivity contribution in [1.29, 1.82) is 5.26 Å². The molecule has 2 aromatic carbocycles. The van der Waals surface area contributed by atoms with Gasteiger partial charge in [0.05, 0.1) is 13.2 Å². The number of amides is 1. The van der Waals surface area contributed by atoms with Crippen molar-refractivity contribution in [1.82, 2.24) is 0 Å². The molecule has 148 valence electrons. The van der Waals surface area contributed by atoms with Gasteiger partial charge in [-0.1, -0.05) is 29.8 Å². The van der Waals surface area contributed by atoms with Crippen LogP contribution >= 0.6 is 0 Å². The molecular weight excluding hydrogens is 372 g/mol. The molecule has 7 heteroatoms. The minimum absolute atomic E-state index is 0.183. The Hall–Kier alpha value is -3.79. The number of ether oxygens (including phenoxy) is 3. The van der Waals surface area contributed by atoms with Gasteiger partial charge in [0.2, 0.25) is 0 Å². The molecule has 0 unspecified atom stereocenters. The zero-order valence-electron chi connectivity index (χ0n) is 15.9. The molecule has 1 heterocycles. The quantitative estimate of drug-likeness (QED) is 0.477. The molecule has 0 fully saturated rings. The summed E-state index contributed by atoms with van der Waals surface area (Å²) in [6.07, 6.45) is 2.20. The Morgan fingerprint density at radius 1 is 1.14 bits per heavy atom. The molecule has 0 aromatic heterocycles. The van der Waals surface area contributed by atoms with Gasteiger partial charge in [-0.05, 0) is 30.7 Å². The van der Waals surface area contributed by atoms with E-state index in [1.54, 1.807) is 36.4 Å². The molecule has 0 spiro atoms. The highest BCUT2D eigenvalue weighted by molar-refractivity contribution is 6.00. The van der Waals surface area contributed by atoms with Crippen LogP contribution in [0.25, 0.3) is 6.08 Å². The number of benzene rings is 2. The van der Waals surface area contributed by atoms with Crippen molar-refractivity contribution >= 4 is 23.6 Å². The second kappa shape index (κ2) is 9.42. The first-order valence-electron chi connectivity index (χ1n) is 9.10. The molecular formula is C22H20N2O5. The lowest BCUT2D eigenvalue weighted by Gasteiger charge is -2.10. The molecule has 0 saturated heterocycles. The number of rotatable bonds is 5. The third-order valence-electron chi connectivity index (χ3n) is 4.09. The van der Waals surface area contributed by atoms with Gasteiger partial charge < -0.3 is 19.5 Å². The zero-order chi connectivity index (χ0) is 20.6. The molecule has 7 nitrogen and oxygen atoms in total. The molecule has 1 N–H and O–H groups in total. The van der Waals surface area contributed by atoms with Gasteiger partial charge in [0.25, 0.3) is 5.91 Å². The SMILES string of the molecule is Cc1ccc(/C=C(\C#N)C(=O)OCC(=O)Nc2ccc3c(c2)OCCCO3)cc1. The normalized spacial score (nSPS) is 13.0.